The van der Waals surface area contributed by atoms with Crippen LogP contribution in [0.4, 0.5) is 0 Å². The Bertz CT molecular complexity index is 1020. The molecule has 1 aromatic heterocycles. The van der Waals surface area contributed by atoms with E-state index in [0.717, 1.165) is 22.8 Å². The van der Waals surface area contributed by atoms with E-state index in [4.69, 9.17) is 14.2 Å². The molecule has 0 aliphatic heterocycles. The molecule has 0 atom stereocenters. The number of hydrogen-bond acceptors (Lipinski definition) is 6. The van der Waals surface area contributed by atoms with E-state index in [0.29, 0.717) is 22.6 Å². The van der Waals surface area contributed by atoms with Crippen LogP contribution >= 0.6 is 0 Å². The number of imidazole rings is 1. The quantitative estimate of drug-likeness (QED) is 0.485. The van der Waals surface area contributed by atoms with Gasteiger partial charge in [-0.3, -0.25) is 4.79 Å². The van der Waals surface area contributed by atoms with Gasteiger partial charge in [-0.2, -0.15) is 0 Å². The van der Waals surface area contributed by atoms with Gasteiger partial charge in [-0.15, -0.1) is 0 Å². The number of aromatic nitrogens is 2. The van der Waals surface area contributed by atoms with Crippen LogP contribution in [0.2, 0.25) is 0 Å². The van der Waals surface area contributed by atoms with E-state index in [1.54, 1.807) is 42.5 Å². The van der Waals surface area contributed by atoms with Crippen molar-refractivity contribution in [3.63, 3.8) is 0 Å². The van der Waals surface area contributed by atoms with Crippen LogP contribution < -0.4 is 9.47 Å². The van der Waals surface area contributed by atoms with E-state index in [1.165, 1.54) is 14.2 Å². The molecule has 0 bridgehead atoms. The van der Waals surface area contributed by atoms with E-state index in [9.17, 15) is 9.59 Å². The molecule has 7 heteroatoms. The smallest absolute Gasteiger partial charge is 0.338 e. The highest BCUT2D eigenvalue weighted by atomic mass is 16.5. The summed E-state index contributed by atoms with van der Waals surface area (Å²) in [7, 11) is 3.00. The molecule has 150 valence electrons. The number of carbonyl (C=O) groups excluding carboxylic acids is 2. The highest BCUT2D eigenvalue weighted by Crippen LogP contribution is 2.27. The Kier molecular flexibility index (Phi) is 5.97. The lowest BCUT2D eigenvalue weighted by Gasteiger charge is -2.09. The average Bonchev–Trinajstić information content (AvgIpc) is 3.09. The summed E-state index contributed by atoms with van der Waals surface area (Å²) in [6.07, 6.45) is 0. The first-order valence-corrected chi connectivity index (χ1v) is 8.99. The first kappa shape index (κ1) is 20.1. The molecule has 0 radical (unpaired) electrons. The molecule has 3 aromatic rings. The number of rotatable bonds is 7. The second-order valence-corrected chi connectivity index (χ2v) is 6.44. The number of aromatic amines is 1. The van der Waals surface area contributed by atoms with Gasteiger partial charge in [0, 0.05) is 16.8 Å². The second-order valence-electron chi connectivity index (χ2n) is 6.44. The Morgan fingerprint density at radius 3 is 2.17 bits per heavy atom. The number of carbonyl (C=O) groups is 2. The molecule has 0 fully saturated rings. The Hall–Kier alpha value is -3.61. The summed E-state index contributed by atoms with van der Waals surface area (Å²) in [6.45, 7) is 3.51. The predicted molar refractivity (Wildman–Crippen MR) is 108 cm³/mol. The van der Waals surface area contributed by atoms with Crippen LogP contribution in [0.25, 0.3) is 11.4 Å². The van der Waals surface area contributed by atoms with Crippen LogP contribution in [0, 0.1) is 13.8 Å². The van der Waals surface area contributed by atoms with Crippen LogP contribution in [0.5, 0.6) is 11.5 Å². The lowest BCUT2D eigenvalue weighted by Crippen LogP contribution is -2.14. The van der Waals surface area contributed by atoms with Gasteiger partial charge in [0.05, 0.1) is 25.5 Å². The Balaban J connectivity index is 1.64. The minimum absolute atomic E-state index is 0.336. The van der Waals surface area contributed by atoms with Gasteiger partial charge >= 0.3 is 5.97 Å². The zero-order valence-corrected chi connectivity index (χ0v) is 16.7. The van der Waals surface area contributed by atoms with Crippen molar-refractivity contribution < 1.29 is 23.8 Å². The lowest BCUT2D eigenvalue weighted by atomic mass is 10.1. The molecule has 0 saturated heterocycles. The van der Waals surface area contributed by atoms with Gasteiger partial charge in [0.2, 0.25) is 0 Å². The van der Waals surface area contributed by atoms with Crippen molar-refractivity contribution >= 4 is 11.8 Å². The fourth-order valence-electron chi connectivity index (χ4n) is 2.76. The molecule has 1 N–H and O–H groups in total. The van der Waals surface area contributed by atoms with E-state index in [2.05, 4.69) is 9.97 Å². The average molecular weight is 394 g/mol. The van der Waals surface area contributed by atoms with E-state index < -0.39 is 5.97 Å². The summed E-state index contributed by atoms with van der Waals surface area (Å²) in [6, 6.07) is 11.6. The number of Topliss-reactive ketones (excluding diaryl/α,β-unsaturated/α-hetero) is 1. The van der Waals surface area contributed by atoms with Crippen LogP contribution in [-0.4, -0.2) is 42.5 Å². The molecule has 7 nitrogen and oxygen atoms in total. The van der Waals surface area contributed by atoms with Gasteiger partial charge < -0.3 is 19.2 Å². The van der Waals surface area contributed by atoms with Crippen molar-refractivity contribution in [3.05, 3.63) is 65.0 Å². The lowest BCUT2D eigenvalue weighted by molar-refractivity contribution is 0.0474. The van der Waals surface area contributed by atoms with Crippen molar-refractivity contribution in [1.82, 2.24) is 9.97 Å². The first-order valence-electron chi connectivity index (χ1n) is 8.99. The summed E-state index contributed by atoms with van der Waals surface area (Å²) in [4.78, 5) is 32.2. The monoisotopic (exact) mass is 394 g/mol. The van der Waals surface area contributed by atoms with Crippen molar-refractivity contribution in [1.29, 1.82) is 0 Å². The molecule has 29 heavy (non-hydrogen) atoms. The molecule has 0 saturated carbocycles. The van der Waals surface area contributed by atoms with Gasteiger partial charge in [-0.1, -0.05) is 12.1 Å². The summed E-state index contributed by atoms with van der Waals surface area (Å²) >= 11 is 0. The van der Waals surface area contributed by atoms with Gasteiger partial charge in [-0.05, 0) is 44.2 Å². The number of esters is 1. The third-order valence-corrected chi connectivity index (χ3v) is 4.56. The van der Waals surface area contributed by atoms with Gasteiger partial charge in [0.1, 0.15) is 5.82 Å². The minimum Gasteiger partial charge on any atom is -0.493 e. The summed E-state index contributed by atoms with van der Waals surface area (Å²) in [5, 5.41) is 0. The number of nitrogens with zero attached hydrogens (tertiary/aromatic N) is 1. The molecule has 0 aliphatic rings. The molecule has 1 heterocycles. The summed E-state index contributed by atoms with van der Waals surface area (Å²) < 4.78 is 15.5. The first-order chi connectivity index (χ1) is 13.9. The Morgan fingerprint density at radius 2 is 1.59 bits per heavy atom. The SMILES string of the molecule is COc1ccc(C(=O)COC(=O)c2ccc(-c3nc(C)c(C)[nH]3)cc2)cc1OC. The molecule has 0 amide bonds. The normalized spacial score (nSPS) is 10.5. The van der Waals surface area contributed by atoms with Gasteiger partial charge in [0.25, 0.3) is 0 Å². The Morgan fingerprint density at radius 1 is 0.931 bits per heavy atom. The number of nitrogens with one attached hydrogen (secondary N) is 1. The summed E-state index contributed by atoms with van der Waals surface area (Å²) in [5.74, 6) is 0.782. The number of ether oxygens (including phenoxy) is 3. The largest absolute Gasteiger partial charge is 0.493 e. The highest BCUT2D eigenvalue weighted by Gasteiger charge is 2.15. The highest BCUT2D eigenvalue weighted by molar-refractivity contribution is 5.99. The van der Waals surface area contributed by atoms with E-state index >= 15 is 0 Å². The van der Waals surface area contributed by atoms with Crippen molar-refractivity contribution in [2.24, 2.45) is 0 Å². The van der Waals surface area contributed by atoms with Gasteiger partial charge in [0.15, 0.2) is 23.9 Å². The van der Waals surface area contributed by atoms with Crippen LogP contribution in [-0.2, 0) is 4.74 Å². The van der Waals surface area contributed by atoms with Crippen LogP contribution in [0.1, 0.15) is 32.1 Å². The maximum Gasteiger partial charge on any atom is 0.338 e. The van der Waals surface area contributed by atoms with Gasteiger partial charge in [-0.25, -0.2) is 9.78 Å². The minimum atomic E-state index is -0.572. The summed E-state index contributed by atoms with van der Waals surface area (Å²) in [5.41, 5.74) is 3.51. The van der Waals surface area contributed by atoms with Crippen LogP contribution in [0.15, 0.2) is 42.5 Å². The fourth-order valence-corrected chi connectivity index (χ4v) is 2.76. The van der Waals surface area contributed by atoms with Crippen molar-refractivity contribution in [3.8, 4) is 22.9 Å². The zero-order chi connectivity index (χ0) is 21.0. The van der Waals surface area contributed by atoms with Crippen LogP contribution in [0.3, 0.4) is 0 Å². The Labute approximate surface area is 168 Å². The zero-order valence-electron chi connectivity index (χ0n) is 16.7. The number of hydrogen-bond donors (Lipinski definition) is 1. The van der Waals surface area contributed by atoms with E-state index in [-0.39, 0.29) is 12.4 Å². The fraction of sp³-hybridized carbons (Fsp3) is 0.227. The standard InChI is InChI=1S/C22H22N2O5/c1-13-14(2)24-21(23-13)15-5-7-16(8-6-15)22(26)29-12-18(25)17-9-10-19(27-3)20(11-17)28-4/h5-11H,12H2,1-4H3,(H,23,24). The molecule has 3 rings (SSSR count). The molecule has 0 unspecified atom stereocenters. The predicted octanol–water partition coefficient (Wildman–Crippen LogP) is 3.75. The number of benzene rings is 2. The number of methoxy groups -OCH3 is 2. The molecular formula is C22H22N2O5. The number of H-pyrrole nitrogens is 1. The third-order valence-electron chi connectivity index (χ3n) is 4.56. The second kappa shape index (κ2) is 8.60. The number of aryl methyl sites for hydroxylation is 2. The topological polar surface area (TPSA) is 90.5 Å². The molecule has 2 aromatic carbocycles. The molecule has 0 spiro atoms. The molecule has 0 aliphatic carbocycles. The molecular weight excluding hydrogens is 372 g/mol. The number of ketones is 1. The maximum absolute atomic E-state index is 12.3. The van der Waals surface area contributed by atoms with E-state index in [1.807, 2.05) is 13.8 Å². The van der Waals surface area contributed by atoms with Crippen molar-refractivity contribution in [2.75, 3.05) is 20.8 Å². The van der Waals surface area contributed by atoms with Crippen molar-refractivity contribution in [2.45, 2.75) is 13.8 Å². The third kappa shape index (κ3) is 4.45. The maximum atomic E-state index is 12.3.